The molecule has 88 valence electrons. The number of nitrogens with two attached hydrogens (primary N) is 1. The molecule has 2 aromatic rings. The highest BCUT2D eigenvalue weighted by molar-refractivity contribution is 5.92. The Balaban J connectivity index is 1.94. The summed E-state index contributed by atoms with van der Waals surface area (Å²) in [5.41, 5.74) is 6.64. The first kappa shape index (κ1) is 11.1. The highest BCUT2D eigenvalue weighted by Crippen LogP contribution is 2.04. The summed E-state index contributed by atoms with van der Waals surface area (Å²) in [5, 5.41) is 7.09. The average Bonchev–Trinajstić information content (AvgIpc) is 2.74. The van der Waals surface area contributed by atoms with Crippen molar-refractivity contribution in [3.05, 3.63) is 42.5 Å². The summed E-state index contributed by atoms with van der Waals surface area (Å²) in [6.45, 7) is 0.368. The van der Waals surface area contributed by atoms with Crippen LogP contribution < -0.4 is 11.1 Å². The van der Waals surface area contributed by atoms with Crippen LogP contribution in [0.4, 0.5) is 5.69 Å². The Bertz CT molecular complexity index is 502. The Kier molecular flexibility index (Phi) is 3.34. The Hall–Kier alpha value is -2.37. The van der Waals surface area contributed by atoms with Crippen LogP contribution in [-0.4, -0.2) is 20.7 Å². The number of aliphatic imine (C=N–C) groups is 1. The Morgan fingerprint density at radius 3 is 2.82 bits per heavy atom. The van der Waals surface area contributed by atoms with E-state index in [-0.39, 0.29) is 0 Å². The van der Waals surface area contributed by atoms with E-state index in [9.17, 15) is 0 Å². The quantitative estimate of drug-likeness (QED) is 0.602. The van der Waals surface area contributed by atoms with Crippen molar-refractivity contribution in [1.29, 1.82) is 0 Å². The maximum Gasteiger partial charge on any atom is 0.193 e. The van der Waals surface area contributed by atoms with Crippen LogP contribution in [-0.2, 0) is 13.6 Å². The zero-order valence-corrected chi connectivity index (χ0v) is 9.54. The zero-order chi connectivity index (χ0) is 12.1. The molecule has 0 fully saturated rings. The molecule has 6 nitrogen and oxygen atoms in total. The topological polar surface area (TPSA) is 81.1 Å². The van der Waals surface area contributed by atoms with Gasteiger partial charge in [0, 0.05) is 12.7 Å². The van der Waals surface area contributed by atoms with Crippen LogP contribution in [0.25, 0.3) is 0 Å². The van der Waals surface area contributed by atoms with Crippen molar-refractivity contribution < 1.29 is 0 Å². The van der Waals surface area contributed by atoms with E-state index >= 15 is 0 Å². The van der Waals surface area contributed by atoms with Gasteiger partial charge in [-0.25, -0.2) is 9.98 Å². The molecule has 0 aliphatic heterocycles. The number of aromatic nitrogens is 3. The van der Waals surface area contributed by atoms with E-state index < -0.39 is 0 Å². The standard InChI is InChI=1S/C11H14N6/c1-17-8-14-10(16-17)7-13-11(12)15-9-5-3-2-4-6-9/h2-6,8H,7H2,1H3,(H3,12,13,15). The second-order valence-electron chi connectivity index (χ2n) is 3.53. The van der Waals surface area contributed by atoms with Gasteiger partial charge in [0.15, 0.2) is 11.8 Å². The molecule has 1 aromatic carbocycles. The largest absolute Gasteiger partial charge is 0.370 e. The smallest absolute Gasteiger partial charge is 0.193 e. The summed E-state index contributed by atoms with van der Waals surface area (Å²) in [6, 6.07) is 9.63. The number of nitrogens with one attached hydrogen (secondary N) is 1. The molecule has 0 spiro atoms. The molecule has 0 aliphatic carbocycles. The molecular weight excluding hydrogens is 216 g/mol. The molecule has 3 N–H and O–H groups in total. The monoisotopic (exact) mass is 230 g/mol. The van der Waals surface area contributed by atoms with Crippen LogP contribution in [0.5, 0.6) is 0 Å². The summed E-state index contributed by atoms with van der Waals surface area (Å²) in [7, 11) is 1.81. The molecule has 6 heteroatoms. The Morgan fingerprint density at radius 1 is 1.41 bits per heavy atom. The predicted molar refractivity (Wildman–Crippen MR) is 66.4 cm³/mol. The van der Waals surface area contributed by atoms with E-state index in [1.54, 1.807) is 11.0 Å². The third-order valence-corrected chi connectivity index (χ3v) is 2.08. The maximum absolute atomic E-state index is 5.74. The van der Waals surface area contributed by atoms with Gasteiger partial charge in [0.2, 0.25) is 0 Å². The molecule has 0 bridgehead atoms. The molecule has 1 heterocycles. The highest BCUT2D eigenvalue weighted by atomic mass is 15.3. The third kappa shape index (κ3) is 3.30. The van der Waals surface area contributed by atoms with E-state index in [1.807, 2.05) is 37.4 Å². The molecule has 0 amide bonds. The molecule has 1 aromatic heterocycles. The van der Waals surface area contributed by atoms with Crippen LogP contribution in [0, 0.1) is 0 Å². The van der Waals surface area contributed by atoms with Gasteiger partial charge in [-0.05, 0) is 12.1 Å². The fourth-order valence-electron chi connectivity index (χ4n) is 1.32. The van der Waals surface area contributed by atoms with Crippen LogP contribution in [0.2, 0.25) is 0 Å². The fraction of sp³-hybridized carbons (Fsp3) is 0.182. The second-order valence-corrected chi connectivity index (χ2v) is 3.53. The van der Waals surface area contributed by atoms with E-state index in [4.69, 9.17) is 5.73 Å². The van der Waals surface area contributed by atoms with Gasteiger partial charge < -0.3 is 11.1 Å². The van der Waals surface area contributed by atoms with Gasteiger partial charge >= 0.3 is 0 Å². The summed E-state index contributed by atoms with van der Waals surface area (Å²) in [4.78, 5) is 8.20. The number of rotatable bonds is 3. The van der Waals surface area contributed by atoms with E-state index in [0.717, 1.165) is 5.69 Å². The number of hydrogen-bond donors (Lipinski definition) is 2. The van der Waals surface area contributed by atoms with Gasteiger partial charge in [0.1, 0.15) is 12.9 Å². The first-order valence-corrected chi connectivity index (χ1v) is 5.20. The molecule has 0 unspecified atom stereocenters. The third-order valence-electron chi connectivity index (χ3n) is 2.08. The fourth-order valence-corrected chi connectivity index (χ4v) is 1.32. The minimum atomic E-state index is 0.351. The normalized spacial score (nSPS) is 11.5. The lowest BCUT2D eigenvalue weighted by molar-refractivity contribution is 0.742. The average molecular weight is 230 g/mol. The Morgan fingerprint density at radius 2 is 2.18 bits per heavy atom. The van der Waals surface area contributed by atoms with Crippen LogP contribution in [0.3, 0.4) is 0 Å². The Labute approximate surface area is 99.2 Å². The first-order chi connectivity index (χ1) is 8.24. The number of aryl methyl sites for hydroxylation is 1. The molecular formula is C11H14N6. The molecule has 0 saturated carbocycles. The van der Waals surface area contributed by atoms with Gasteiger partial charge in [-0.3, -0.25) is 4.68 Å². The number of hydrogen-bond acceptors (Lipinski definition) is 3. The molecule has 17 heavy (non-hydrogen) atoms. The number of benzene rings is 1. The molecule has 0 radical (unpaired) electrons. The van der Waals surface area contributed by atoms with Crippen LogP contribution >= 0.6 is 0 Å². The maximum atomic E-state index is 5.74. The van der Waals surface area contributed by atoms with E-state index in [1.165, 1.54) is 0 Å². The van der Waals surface area contributed by atoms with Crippen molar-refractivity contribution in [3.63, 3.8) is 0 Å². The van der Waals surface area contributed by atoms with Gasteiger partial charge in [-0.15, -0.1) is 0 Å². The van der Waals surface area contributed by atoms with E-state index in [2.05, 4.69) is 20.4 Å². The summed E-state index contributed by atoms with van der Waals surface area (Å²) in [5.74, 6) is 0.994. The molecule has 2 rings (SSSR count). The van der Waals surface area contributed by atoms with Gasteiger partial charge in [0.25, 0.3) is 0 Å². The molecule has 0 aliphatic rings. The number of anilines is 1. The summed E-state index contributed by atoms with van der Waals surface area (Å²) >= 11 is 0. The SMILES string of the molecule is Cn1cnc(CN=C(N)Nc2ccccc2)n1. The van der Waals surface area contributed by atoms with Crippen molar-refractivity contribution >= 4 is 11.6 Å². The van der Waals surface area contributed by atoms with Crippen LogP contribution in [0.15, 0.2) is 41.7 Å². The van der Waals surface area contributed by atoms with Gasteiger partial charge in [-0.2, -0.15) is 5.10 Å². The predicted octanol–water partition coefficient (Wildman–Crippen LogP) is 0.742. The minimum Gasteiger partial charge on any atom is -0.370 e. The first-order valence-electron chi connectivity index (χ1n) is 5.20. The number of para-hydroxylation sites is 1. The number of nitrogens with zero attached hydrogens (tertiary/aromatic N) is 4. The lowest BCUT2D eigenvalue weighted by Crippen LogP contribution is -2.22. The van der Waals surface area contributed by atoms with Crippen molar-refractivity contribution in [2.24, 2.45) is 17.8 Å². The van der Waals surface area contributed by atoms with Crippen LogP contribution in [0.1, 0.15) is 5.82 Å². The van der Waals surface area contributed by atoms with Crippen molar-refractivity contribution in [1.82, 2.24) is 14.8 Å². The van der Waals surface area contributed by atoms with Gasteiger partial charge in [-0.1, -0.05) is 18.2 Å². The van der Waals surface area contributed by atoms with E-state index in [0.29, 0.717) is 18.3 Å². The minimum absolute atomic E-state index is 0.351. The molecule has 0 atom stereocenters. The molecule has 0 saturated heterocycles. The lowest BCUT2D eigenvalue weighted by atomic mass is 10.3. The second kappa shape index (κ2) is 5.11. The van der Waals surface area contributed by atoms with Crippen molar-refractivity contribution in [2.45, 2.75) is 6.54 Å². The lowest BCUT2D eigenvalue weighted by Gasteiger charge is -2.03. The van der Waals surface area contributed by atoms with Gasteiger partial charge in [0.05, 0.1) is 0 Å². The summed E-state index contributed by atoms with van der Waals surface area (Å²) < 4.78 is 1.63. The van der Waals surface area contributed by atoms with Crippen molar-refractivity contribution in [3.8, 4) is 0 Å². The summed E-state index contributed by atoms with van der Waals surface area (Å²) in [6.07, 6.45) is 1.63. The van der Waals surface area contributed by atoms with Crippen molar-refractivity contribution in [2.75, 3.05) is 5.32 Å². The zero-order valence-electron chi connectivity index (χ0n) is 9.54. The highest BCUT2D eigenvalue weighted by Gasteiger charge is 1.98. The number of guanidine groups is 1.